The Balaban J connectivity index is 1.12. The van der Waals surface area contributed by atoms with Gasteiger partial charge in [0.2, 0.25) is 5.69 Å². The number of nitrogens with zero attached hydrogens (tertiary/aromatic N) is 6. The molecule has 4 aromatic carbocycles. The molecule has 0 amide bonds. The lowest BCUT2D eigenvalue weighted by Gasteiger charge is -2.32. The summed E-state index contributed by atoms with van der Waals surface area (Å²) < 4.78 is 4.36. The van der Waals surface area contributed by atoms with Crippen molar-refractivity contribution in [2.24, 2.45) is 0 Å². The highest BCUT2D eigenvalue weighted by Crippen LogP contribution is 2.37. The lowest BCUT2D eigenvalue weighted by atomic mass is 9.79. The van der Waals surface area contributed by atoms with E-state index in [2.05, 4.69) is 127 Å². The van der Waals surface area contributed by atoms with E-state index >= 15 is 0 Å². The van der Waals surface area contributed by atoms with Crippen LogP contribution < -0.4 is 4.57 Å². The minimum atomic E-state index is 0.105. The summed E-state index contributed by atoms with van der Waals surface area (Å²) in [5.74, 6) is 0.691. The third-order valence-corrected chi connectivity index (χ3v) is 10.0. The molecule has 3 aromatic heterocycles. The summed E-state index contributed by atoms with van der Waals surface area (Å²) in [5, 5.41) is 9.11. The average Bonchev–Trinajstić information content (AvgIpc) is 3.66. The summed E-state index contributed by atoms with van der Waals surface area (Å²) in [5.41, 5.74) is 12.8. The second-order valence-electron chi connectivity index (χ2n) is 12.6. The molecule has 0 aliphatic carbocycles. The molecule has 0 saturated carbocycles. The van der Waals surface area contributed by atoms with Crippen molar-refractivity contribution in [3.8, 4) is 62.1 Å². The van der Waals surface area contributed by atoms with Crippen LogP contribution in [0, 0.1) is 6.92 Å². The molecule has 0 saturated heterocycles. The summed E-state index contributed by atoms with van der Waals surface area (Å²) in [6, 6.07) is 42.1. The van der Waals surface area contributed by atoms with Crippen molar-refractivity contribution >= 4 is 0 Å². The smallest absolute Gasteiger partial charge is 0.213 e. The van der Waals surface area contributed by atoms with Gasteiger partial charge >= 0.3 is 0 Å². The molecule has 6 heteroatoms. The van der Waals surface area contributed by atoms with Crippen molar-refractivity contribution in [2.75, 3.05) is 0 Å². The van der Waals surface area contributed by atoms with Crippen LogP contribution in [-0.4, -0.2) is 25.0 Å². The van der Waals surface area contributed by atoms with E-state index in [1.54, 1.807) is 0 Å². The SMILES string of the molecule is CCC1(CC)Cc2ccc(-n3cc(-c4ccc(-c5nc(-c6ccccc6)c(C)c(-c6ccccc6)n5)cc4)nn3)cc2-c2cccc[n+]21. The minimum Gasteiger partial charge on any atom is -0.228 e. The quantitative estimate of drug-likeness (QED) is 0.166. The van der Waals surface area contributed by atoms with Crippen LogP contribution in [0.1, 0.15) is 37.8 Å². The molecule has 4 heterocycles. The standard InChI is InChI=1S/C42H37N6/c1-4-42(5-2)27-34-23-24-35(26-36(34)38-18-12-13-25-47(38)42)48-28-37(45-46-48)30-19-21-33(22-20-30)41-43-39(31-14-8-6-9-15-31)29(3)40(44-41)32-16-10-7-11-17-32/h6-26,28H,4-5,27H2,1-3H3/q+1. The van der Waals surface area contributed by atoms with Crippen molar-refractivity contribution in [3.05, 3.63) is 145 Å². The first-order valence-electron chi connectivity index (χ1n) is 16.7. The van der Waals surface area contributed by atoms with Gasteiger partial charge in [0.05, 0.1) is 28.8 Å². The van der Waals surface area contributed by atoms with Gasteiger partial charge in [-0.05, 0) is 30.7 Å². The largest absolute Gasteiger partial charge is 0.228 e. The van der Waals surface area contributed by atoms with Crippen LogP contribution in [-0.2, 0) is 12.0 Å². The Labute approximate surface area is 281 Å². The number of pyridine rings is 1. The van der Waals surface area contributed by atoms with Crippen molar-refractivity contribution < 1.29 is 4.57 Å². The third kappa shape index (κ3) is 5.10. The van der Waals surface area contributed by atoms with Gasteiger partial charge in [0.25, 0.3) is 0 Å². The first kappa shape index (κ1) is 29.6. The zero-order chi connectivity index (χ0) is 32.7. The fourth-order valence-corrected chi connectivity index (χ4v) is 7.17. The molecule has 7 aromatic rings. The predicted molar refractivity (Wildman–Crippen MR) is 191 cm³/mol. The Morgan fingerprint density at radius 3 is 1.96 bits per heavy atom. The van der Waals surface area contributed by atoms with E-state index < -0.39 is 0 Å². The molecule has 6 nitrogen and oxygen atoms in total. The second kappa shape index (κ2) is 12.1. The van der Waals surface area contributed by atoms with E-state index in [-0.39, 0.29) is 5.54 Å². The third-order valence-electron chi connectivity index (χ3n) is 10.0. The first-order chi connectivity index (χ1) is 23.6. The van der Waals surface area contributed by atoms with Crippen LogP contribution in [0.25, 0.3) is 62.1 Å². The molecule has 0 radical (unpaired) electrons. The highest BCUT2D eigenvalue weighted by molar-refractivity contribution is 5.77. The Hall–Kier alpha value is -5.75. The number of benzene rings is 4. The normalized spacial score (nSPS) is 13.1. The molecule has 0 atom stereocenters. The van der Waals surface area contributed by atoms with Crippen LogP contribution in [0.15, 0.2) is 134 Å². The number of hydrogen-bond donors (Lipinski definition) is 0. The summed E-state index contributed by atoms with van der Waals surface area (Å²) in [6.45, 7) is 6.70. The minimum absolute atomic E-state index is 0.105. The highest BCUT2D eigenvalue weighted by Gasteiger charge is 2.43. The molecular formula is C42H37N6+. The van der Waals surface area contributed by atoms with Crippen molar-refractivity contribution in [3.63, 3.8) is 0 Å². The average molecular weight is 626 g/mol. The molecule has 1 aliphatic heterocycles. The maximum absolute atomic E-state index is 5.07. The number of fused-ring (bicyclic) bond motifs is 3. The zero-order valence-corrected chi connectivity index (χ0v) is 27.5. The summed E-state index contributed by atoms with van der Waals surface area (Å²) >= 11 is 0. The lowest BCUT2D eigenvalue weighted by Crippen LogP contribution is -2.60. The van der Waals surface area contributed by atoms with E-state index in [4.69, 9.17) is 9.97 Å². The molecule has 0 fully saturated rings. The van der Waals surface area contributed by atoms with Crippen molar-refractivity contribution in [1.82, 2.24) is 25.0 Å². The number of aromatic nitrogens is 6. The van der Waals surface area contributed by atoms with E-state index in [1.807, 2.05) is 47.3 Å². The van der Waals surface area contributed by atoms with Gasteiger partial charge in [-0.3, -0.25) is 0 Å². The lowest BCUT2D eigenvalue weighted by molar-refractivity contribution is -0.758. The Bertz CT molecular complexity index is 2170. The highest BCUT2D eigenvalue weighted by atomic mass is 15.4. The predicted octanol–water partition coefficient (Wildman–Crippen LogP) is 9.06. The van der Waals surface area contributed by atoms with Crippen LogP contribution in [0.4, 0.5) is 0 Å². The van der Waals surface area contributed by atoms with E-state index in [1.165, 1.54) is 16.8 Å². The molecule has 234 valence electrons. The molecular weight excluding hydrogens is 589 g/mol. The molecule has 0 bridgehead atoms. The number of rotatable bonds is 7. The second-order valence-corrected chi connectivity index (χ2v) is 12.6. The van der Waals surface area contributed by atoms with Gasteiger partial charge < -0.3 is 0 Å². The van der Waals surface area contributed by atoms with Gasteiger partial charge in [0.1, 0.15) is 5.69 Å². The van der Waals surface area contributed by atoms with Crippen LogP contribution in [0.3, 0.4) is 0 Å². The Morgan fingerprint density at radius 2 is 1.31 bits per heavy atom. The van der Waals surface area contributed by atoms with Crippen LogP contribution >= 0.6 is 0 Å². The zero-order valence-electron chi connectivity index (χ0n) is 27.5. The van der Waals surface area contributed by atoms with E-state index in [0.717, 1.165) is 69.8 Å². The molecule has 48 heavy (non-hydrogen) atoms. The number of hydrogen-bond acceptors (Lipinski definition) is 4. The maximum atomic E-state index is 5.07. The Kier molecular flexibility index (Phi) is 7.48. The Morgan fingerprint density at radius 1 is 0.688 bits per heavy atom. The van der Waals surface area contributed by atoms with Gasteiger partial charge in [-0.25, -0.2) is 14.6 Å². The molecule has 8 rings (SSSR count). The molecule has 1 aliphatic rings. The van der Waals surface area contributed by atoms with Gasteiger partial charge in [-0.2, -0.15) is 4.57 Å². The van der Waals surface area contributed by atoms with Gasteiger partial charge in [-0.15, -0.1) is 5.10 Å². The van der Waals surface area contributed by atoms with Crippen LogP contribution in [0.5, 0.6) is 0 Å². The first-order valence-corrected chi connectivity index (χ1v) is 16.7. The van der Waals surface area contributed by atoms with Crippen LogP contribution in [0.2, 0.25) is 0 Å². The van der Waals surface area contributed by atoms with E-state index in [9.17, 15) is 0 Å². The summed E-state index contributed by atoms with van der Waals surface area (Å²) in [4.78, 5) is 10.1. The van der Waals surface area contributed by atoms with E-state index in [0.29, 0.717) is 5.82 Å². The fraction of sp³-hybridized carbons (Fsp3) is 0.167. The summed E-state index contributed by atoms with van der Waals surface area (Å²) in [7, 11) is 0. The maximum Gasteiger partial charge on any atom is 0.213 e. The molecule has 0 N–H and O–H groups in total. The van der Waals surface area contributed by atoms with Crippen molar-refractivity contribution in [2.45, 2.75) is 45.6 Å². The fourth-order valence-electron chi connectivity index (χ4n) is 7.17. The van der Waals surface area contributed by atoms with Crippen molar-refractivity contribution in [1.29, 1.82) is 0 Å². The summed E-state index contributed by atoms with van der Waals surface area (Å²) in [6.07, 6.45) is 7.45. The van der Waals surface area contributed by atoms with Gasteiger partial charge in [0.15, 0.2) is 17.6 Å². The topological polar surface area (TPSA) is 60.4 Å². The molecule has 0 spiro atoms. The molecule has 0 unspecified atom stereocenters. The van der Waals surface area contributed by atoms with Gasteiger partial charge in [0, 0.05) is 59.2 Å². The van der Waals surface area contributed by atoms with Gasteiger partial charge in [-0.1, -0.05) is 110 Å². The monoisotopic (exact) mass is 625 g/mol.